The molecule has 1 saturated carbocycles. The zero-order valence-electron chi connectivity index (χ0n) is 6.68. The number of hydrogen-bond acceptors (Lipinski definition) is 1. The maximum Gasteiger partial charge on any atom is 0.0628 e. The molecule has 0 radical (unpaired) electrons. The van der Waals surface area contributed by atoms with Gasteiger partial charge in [0.05, 0.1) is 6.10 Å². The lowest BCUT2D eigenvalue weighted by Crippen LogP contribution is -2.28. The molecule has 0 aromatic carbocycles. The summed E-state index contributed by atoms with van der Waals surface area (Å²) in [4.78, 5) is 0. The number of hydrogen-bond donors (Lipinski definition) is 0. The fourth-order valence-corrected chi connectivity index (χ4v) is 2.44. The van der Waals surface area contributed by atoms with Crippen molar-refractivity contribution in [2.45, 2.75) is 38.7 Å². The van der Waals surface area contributed by atoms with Crippen molar-refractivity contribution in [1.82, 2.24) is 0 Å². The summed E-state index contributed by atoms with van der Waals surface area (Å²) < 4.78 is 5.71. The van der Waals surface area contributed by atoms with Crippen LogP contribution in [0.15, 0.2) is 0 Å². The predicted molar refractivity (Wildman–Crippen MR) is 40.9 cm³/mol. The van der Waals surface area contributed by atoms with Gasteiger partial charge in [-0.25, -0.2) is 0 Å². The molecule has 1 heteroatoms. The van der Waals surface area contributed by atoms with Crippen molar-refractivity contribution >= 4 is 0 Å². The SMILES string of the molecule is C[C@@H]1CC[C@H]2CCCO[C@H]21. The van der Waals surface area contributed by atoms with Gasteiger partial charge in [0.25, 0.3) is 0 Å². The van der Waals surface area contributed by atoms with Crippen LogP contribution >= 0.6 is 0 Å². The molecular formula is C9H16O. The number of fused-ring (bicyclic) bond motifs is 1. The number of ether oxygens (including phenoxy) is 1. The summed E-state index contributed by atoms with van der Waals surface area (Å²) in [5.74, 6) is 1.76. The molecule has 0 bridgehead atoms. The van der Waals surface area contributed by atoms with Crippen LogP contribution in [0.1, 0.15) is 32.6 Å². The van der Waals surface area contributed by atoms with Crippen molar-refractivity contribution in [1.29, 1.82) is 0 Å². The van der Waals surface area contributed by atoms with Gasteiger partial charge < -0.3 is 4.74 Å². The highest BCUT2D eigenvalue weighted by Crippen LogP contribution is 2.38. The lowest BCUT2D eigenvalue weighted by Gasteiger charge is -2.28. The molecule has 1 heterocycles. The van der Waals surface area contributed by atoms with E-state index >= 15 is 0 Å². The van der Waals surface area contributed by atoms with Crippen molar-refractivity contribution in [2.75, 3.05) is 6.61 Å². The monoisotopic (exact) mass is 140 g/mol. The van der Waals surface area contributed by atoms with Gasteiger partial charge in [-0.05, 0) is 37.5 Å². The van der Waals surface area contributed by atoms with Crippen LogP contribution in [0.2, 0.25) is 0 Å². The Labute approximate surface area is 62.8 Å². The first kappa shape index (κ1) is 6.66. The molecule has 1 aliphatic carbocycles. The first-order valence-electron chi connectivity index (χ1n) is 4.49. The van der Waals surface area contributed by atoms with Crippen molar-refractivity contribution < 1.29 is 4.74 Å². The molecule has 0 unspecified atom stereocenters. The minimum absolute atomic E-state index is 0.633. The molecule has 0 spiro atoms. The molecule has 10 heavy (non-hydrogen) atoms. The standard InChI is InChI=1S/C9H16O/c1-7-4-5-8-3-2-6-10-9(7)8/h7-9H,2-6H2,1H3/t7-,8-,9+/m1/s1. The third-order valence-corrected chi connectivity index (χ3v) is 3.05. The quantitative estimate of drug-likeness (QED) is 0.501. The summed E-state index contributed by atoms with van der Waals surface area (Å²) in [5, 5.41) is 0. The lowest BCUT2D eigenvalue weighted by atomic mass is 9.95. The Balaban J connectivity index is 2.01. The average molecular weight is 140 g/mol. The Kier molecular flexibility index (Phi) is 1.69. The van der Waals surface area contributed by atoms with E-state index in [0.29, 0.717) is 6.10 Å². The first-order valence-corrected chi connectivity index (χ1v) is 4.49. The molecule has 1 saturated heterocycles. The second kappa shape index (κ2) is 2.54. The largest absolute Gasteiger partial charge is 0.378 e. The molecule has 2 fully saturated rings. The van der Waals surface area contributed by atoms with Crippen LogP contribution in [0.3, 0.4) is 0 Å². The van der Waals surface area contributed by atoms with Gasteiger partial charge in [-0.3, -0.25) is 0 Å². The summed E-state index contributed by atoms with van der Waals surface area (Å²) in [6.07, 6.45) is 6.18. The molecule has 1 aliphatic heterocycles. The molecule has 3 atom stereocenters. The molecule has 0 N–H and O–H groups in total. The summed E-state index contributed by atoms with van der Waals surface area (Å²) in [6, 6.07) is 0. The molecule has 2 rings (SSSR count). The Hall–Kier alpha value is -0.0400. The van der Waals surface area contributed by atoms with E-state index in [4.69, 9.17) is 4.74 Å². The summed E-state index contributed by atoms with van der Waals surface area (Å²) in [6.45, 7) is 3.35. The van der Waals surface area contributed by atoms with E-state index in [9.17, 15) is 0 Å². The second-order valence-corrected chi connectivity index (χ2v) is 3.79. The topological polar surface area (TPSA) is 9.23 Å². The van der Waals surface area contributed by atoms with Gasteiger partial charge in [0, 0.05) is 6.61 Å². The van der Waals surface area contributed by atoms with Crippen molar-refractivity contribution in [2.24, 2.45) is 11.8 Å². The van der Waals surface area contributed by atoms with Crippen LogP contribution < -0.4 is 0 Å². The van der Waals surface area contributed by atoms with Gasteiger partial charge in [0.1, 0.15) is 0 Å². The van der Waals surface area contributed by atoms with E-state index in [1.807, 2.05) is 0 Å². The Morgan fingerprint density at radius 3 is 2.90 bits per heavy atom. The van der Waals surface area contributed by atoms with E-state index in [0.717, 1.165) is 18.4 Å². The van der Waals surface area contributed by atoms with Crippen LogP contribution in [-0.4, -0.2) is 12.7 Å². The fraction of sp³-hybridized carbons (Fsp3) is 1.00. The summed E-state index contributed by atoms with van der Waals surface area (Å²) in [5.41, 5.74) is 0. The third kappa shape index (κ3) is 0.968. The Morgan fingerprint density at radius 1 is 1.20 bits per heavy atom. The van der Waals surface area contributed by atoms with Crippen LogP contribution in [-0.2, 0) is 4.74 Å². The highest BCUT2D eigenvalue weighted by Gasteiger charge is 2.35. The zero-order valence-corrected chi connectivity index (χ0v) is 6.68. The van der Waals surface area contributed by atoms with E-state index in [-0.39, 0.29) is 0 Å². The van der Waals surface area contributed by atoms with E-state index in [1.54, 1.807) is 0 Å². The second-order valence-electron chi connectivity index (χ2n) is 3.79. The average Bonchev–Trinajstić information content (AvgIpc) is 2.34. The van der Waals surface area contributed by atoms with Crippen LogP contribution in [0.4, 0.5) is 0 Å². The number of rotatable bonds is 0. The van der Waals surface area contributed by atoms with E-state index < -0.39 is 0 Å². The lowest BCUT2D eigenvalue weighted by molar-refractivity contribution is -0.0298. The molecule has 2 aliphatic rings. The van der Waals surface area contributed by atoms with Crippen molar-refractivity contribution in [3.63, 3.8) is 0 Å². The molecular weight excluding hydrogens is 124 g/mol. The van der Waals surface area contributed by atoms with Gasteiger partial charge in [0.15, 0.2) is 0 Å². The summed E-state index contributed by atoms with van der Waals surface area (Å²) in [7, 11) is 0. The minimum atomic E-state index is 0.633. The summed E-state index contributed by atoms with van der Waals surface area (Å²) >= 11 is 0. The molecule has 0 amide bonds. The first-order chi connectivity index (χ1) is 4.88. The Morgan fingerprint density at radius 2 is 2.10 bits per heavy atom. The highest BCUT2D eigenvalue weighted by atomic mass is 16.5. The molecule has 58 valence electrons. The van der Waals surface area contributed by atoms with Crippen LogP contribution in [0.25, 0.3) is 0 Å². The van der Waals surface area contributed by atoms with Crippen LogP contribution in [0.5, 0.6) is 0 Å². The maximum absolute atomic E-state index is 5.71. The predicted octanol–water partition coefficient (Wildman–Crippen LogP) is 2.21. The van der Waals surface area contributed by atoms with Crippen molar-refractivity contribution in [3.8, 4) is 0 Å². The highest BCUT2D eigenvalue weighted by molar-refractivity contribution is 4.85. The third-order valence-electron chi connectivity index (χ3n) is 3.05. The Bertz CT molecular complexity index is 120. The van der Waals surface area contributed by atoms with Gasteiger partial charge in [-0.2, -0.15) is 0 Å². The zero-order chi connectivity index (χ0) is 6.97. The smallest absolute Gasteiger partial charge is 0.0628 e. The molecule has 1 nitrogen and oxygen atoms in total. The van der Waals surface area contributed by atoms with E-state index in [1.165, 1.54) is 25.7 Å². The minimum Gasteiger partial charge on any atom is -0.378 e. The maximum atomic E-state index is 5.71. The van der Waals surface area contributed by atoms with Crippen molar-refractivity contribution in [3.05, 3.63) is 0 Å². The van der Waals surface area contributed by atoms with Gasteiger partial charge >= 0.3 is 0 Å². The molecule has 0 aromatic heterocycles. The van der Waals surface area contributed by atoms with E-state index in [2.05, 4.69) is 6.92 Å². The van der Waals surface area contributed by atoms with Crippen LogP contribution in [0, 0.1) is 11.8 Å². The van der Waals surface area contributed by atoms with Gasteiger partial charge in [-0.1, -0.05) is 6.92 Å². The normalized spacial score (nSPS) is 47.1. The van der Waals surface area contributed by atoms with Gasteiger partial charge in [0.2, 0.25) is 0 Å². The molecule has 0 aromatic rings. The van der Waals surface area contributed by atoms with Gasteiger partial charge in [-0.15, -0.1) is 0 Å². The fourth-order valence-electron chi connectivity index (χ4n) is 2.44.